The van der Waals surface area contributed by atoms with Gasteiger partial charge in [-0.2, -0.15) is 0 Å². The van der Waals surface area contributed by atoms with Gasteiger partial charge in [0.25, 0.3) is 0 Å². The number of nitrogens with zero attached hydrogens (tertiary/aromatic N) is 1. The molecule has 0 aliphatic carbocycles. The van der Waals surface area contributed by atoms with E-state index >= 15 is 0 Å². The van der Waals surface area contributed by atoms with Crippen molar-refractivity contribution in [2.75, 3.05) is 25.9 Å². The van der Waals surface area contributed by atoms with Crippen molar-refractivity contribution < 1.29 is 13.2 Å². The first-order valence-corrected chi connectivity index (χ1v) is 9.40. The van der Waals surface area contributed by atoms with Crippen molar-refractivity contribution in [3.8, 4) is 0 Å². The molecule has 1 heterocycles. The molecule has 22 heavy (non-hydrogen) atoms. The zero-order chi connectivity index (χ0) is 15.5. The molecule has 1 aliphatic rings. The maximum Gasteiger partial charge on any atom is 0.237 e. The number of likely N-dealkylation sites (N-methyl/N-ethyl adjacent to an activating group) is 1. The van der Waals surface area contributed by atoms with Crippen LogP contribution in [0.3, 0.4) is 0 Å². The summed E-state index contributed by atoms with van der Waals surface area (Å²) in [5.41, 5.74) is 0.691. The number of hydrogen-bond acceptors (Lipinski definition) is 4. The van der Waals surface area contributed by atoms with E-state index < -0.39 is 15.6 Å². The highest BCUT2D eigenvalue weighted by Crippen LogP contribution is 2.14. The van der Waals surface area contributed by atoms with E-state index in [1.807, 2.05) is 0 Å². The average Bonchev–Trinajstić information content (AvgIpc) is 2.93. The summed E-state index contributed by atoms with van der Waals surface area (Å²) in [7, 11) is -1.77. The van der Waals surface area contributed by atoms with Crippen molar-refractivity contribution in [2.24, 2.45) is 0 Å². The number of rotatable bonds is 5. The normalized spacial score (nSPS) is 17.8. The van der Waals surface area contributed by atoms with E-state index in [2.05, 4.69) is 21.2 Å². The van der Waals surface area contributed by atoms with Crippen LogP contribution in [0.2, 0.25) is 0 Å². The van der Waals surface area contributed by atoms with Gasteiger partial charge in [-0.25, -0.2) is 8.42 Å². The summed E-state index contributed by atoms with van der Waals surface area (Å²) in [5, 5.41) is 3.17. The molecule has 0 spiro atoms. The Hall–Kier alpha value is -0.630. The second-order valence-corrected chi connectivity index (χ2v) is 8.29. The van der Waals surface area contributed by atoms with Gasteiger partial charge in [0.2, 0.25) is 5.91 Å². The van der Waals surface area contributed by atoms with E-state index in [0.29, 0.717) is 5.56 Å². The fourth-order valence-electron chi connectivity index (χ4n) is 2.35. The first-order chi connectivity index (χ1) is 9.87. The minimum atomic E-state index is -3.45. The van der Waals surface area contributed by atoms with Crippen LogP contribution in [-0.2, 0) is 20.4 Å². The van der Waals surface area contributed by atoms with Crippen LogP contribution in [0.25, 0.3) is 0 Å². The minimum Gasteiger partial charge on any atom is -0.341 e. The van der Waals surface area contributed by atoms with Crippen LogP contribution in [0.5, 0.6) is 0 Å². The Bertz CT molecular complexity index is 601. The maximum absolute atomic E-state index is 12.1. The molecule has 1 N–H and O–H groups in total. The van der Waals surface area contributed by atoms with Crippen molar-refractivity contribution in [2.45, 2.75) is 18.2 Å². The monoisotopic (exact) mass is 410 g/mol. The number of halogens is 2. The van der Waals surface area contributed by atoms with Gasteiger partial charge in [0, 0.05) is 24.1 Å². The SMILES string of the molecule is CN(C(=O)CS(=O)(=O)Cc1ccc(Br)cc1)C1CCNC1.Cl. The largest absolute Gasteiger partial charge is 0.341 e. The Morgan fingerprint density at radius 2 is 2.00 bits per heavy atom. The van der Waals surface area contributed by atoms with Crippen molar-refractivity contribution in [3.63, 3.8) is 0 Å². The first-order valence-electron chi connectivity index (χ1n) is 6.78. The Labute approximate surface area is 145 Å². The summed E-state index contributed by atoms with van der Waals surface area (Å²) in [5.74, 6) is -0.875. The van der Waals surface area contributed by atoms with Gasteiger partial charge in [0.15, 0.2) is 9.84 Å². The topological polar surface area (TPSA) is 66.5 Å². The molecule has 5 nitrogen and oxygen atoms in total. The summed E-state index contributed by atoms with van der Waals surface area (Å²) < 4.78 is 25.2. The highest BCUT2D eigenvalue weighted by atomic mass is 79.9. The number of sulfone groups is 1. The second-order valence-electron chi connectivity index (χ2n) is 5.31. The molecule has 0 saturated carbocycles. The molecule has 2 rings (SSSR count). The number of nitrogens with one attached hydrogen (secondary N) is 1. The number of hydrogen-bond donors (Lipinski definition) is 1. The van der Waals surface area contributed by atoms with Crippen molar-refractivity contribution in [1.82, 2.24) is 10.2 Å². The van der Waals surface area contributed by atoms with E-state index in [1.165, 1.54) is 0 Å². The van der Waals surface area contributed by atoms with Crippen LogP contribution in [0.15, 0.2) is 28.7 Å². The molecule has 1 fully saturated rings. The lowest BCUT2D eigenvalue weighted by molar-refractivity contribution is -0.128. The van der Waals surface area contributed by atoms with Gasteiger partial charge in [0.05, 0.1) is 5.75 Å². The van der Waals surface area contributed by atoms with Gasteiger partial charge in [-0.15, -0.1) is 12.4 Å². The van der Waals surface area contributed by atoms with E-state index in [4.69, 9.17) is 0 Å². The lowest BCUT2D eigenvalue weighted by Crippen LogP contribution is -2.41. The molecule has 0 bridgehead atoms. The number of benzene rings is 1. The standard InChI is InChI=1S/C14H19BrN2O3S.ClH/c1-17(13-6-7-16-8-13)14(18)10-21(19,20)9-11-2-4-12(15)5-3-11;/h2-5,13,16H,6-10H2,1H3;1H. The van der Waals surface area contributed by atoms with Crippen LogP contribution in [0.4, 0.5) is 0 Å². The predicted octanol–water partition coefficient (Wildman–Crippen LogP) is 1.61. The van der Waals surface area contributed by atoms with E-state index in [-0.39, 0.29) is 30.1 Å². The molecular weight excluding hydrogens is 392 g/mol. The molecule has 1 atom stereocenters. The van der Waals surface area contributed by atoms with Gasteiger partial charge in [-0.05, 0) is 30.7 Å². The zero-order valence-electron chi connectivity index (χ0n) is 12.3. The molecule has 8 heteroatoms. The van der Waals surface area contributed by atoms with Crippen LogP contribution in [0, 0.1) is 0 Å². The van der Waals surface area contributed by atoms with Crippen LogP contribution < -0.4 is 5.32 Å². The molecule has 1 saturated heterocycles. The third-order valence-corrected chi connectivity index (χ3v) is 5.61. The highest BCUT2D eigenvalue weighted by molar-refractivity contribution is 9.10. The lowest BCUT2D eigenvalue weighted by atomic mass is 10.2. The lowest BCUT2D eigenvalue weighted by Gasteiger charge is -2.23. The smallest absolute Gasteiger partial charge is 0.237 e. The molecule has 1 aromatic carbocycles. The van der Waals surface area contributed by atoms with Crippen molar-refractivity contribution in [1.29, 1.82) is 0 Å². The molecule has 1 unspecified atom stereocenters. The molecule has 0 aromatic heterocycles. The van der Waals surface area contributed by atoms with Crippen molar-refractivity contribution in [3.05, 3.63) is 34.3 Å². The average molecular weight is 412 g/mol. The van der Waals surface area contributed by atoms with E-state index in [9.17, 15) is 13.2 Å². The highest BCUT2D eigenvalue weighted by Gasteiger charge is 2.26. The summed E-state index contributed by atoms with van der Waals surface area (Å²) >= 11 is 3.31. The van der Waals surface area contributed by atoms with E-state index in [0.717, 1.165) is 24.0 Å². The van der Waals surface area contributed by atoms with Crippen LogP contribution in [-0.4, -0.2) is 51.2 Å². The first kappa shape index (κ1) is 19.4. The summed E-state index contributed by atoms with van der Waals surface area (Å²) in [4.78, 5) is 13.7. The molecular formula is C14H20BrClN2O3S. The molecule has 124 valence electrons. The Balaban J connectivity index is 0.00000242. The van der Waals surface area contributed by atoms with Gasteiger partial charge in [0.1, 0.15) is 5.75 Å². The molecule has 1 aromatic rings. The minimum absolute atomic E-state index is 0. The molecule has 1 amide bonds. The number of carbonyl (C=O) groups excluding carboxylic acids is 1. The molecule has 0 radical (unpaired) electrons. The maximum atomic E-state index is 12.1. The summed E-state index contributed by atoms with van der Waals surface area (Å²) in [6, 6.07) is 7.18. The van der Waals surface area contributed by atoms with Crippen molar-refractivity contribution >= 4 is 44.1 Å². The van der Waals surface area contributed by atoms with E-state index in [1.54, 1.807) is 36.2 Å². The zero-order valence-corrected chi connectivity index (χ0v) is 15.5. The van der Waals surface area contributed by atoms with Gasteiger partial charge >= 0.3 is 0 Å². The summed E-state index contributed by atoms with van der Waals surface area (Å²) in [6.07, 6.45) is 0.870. The Morgan fingerprint density at radius 3 is 2.55 bits per heavy atom. The Morgan fingerprint density at radius 1 is 1.36 bits per heavy atom. The van der Waals surface area contributed by atoms with Crippen LogP contribution >= 0.6 is 28.3 Å². The quantitative estimate of drug-likeness (QED) is 0.799. The van der Waals surface area contributed by atoms with Gasteiger partial charge in [-0.1, -0.05) is 28.1 Å². The fourth-order valence-corrected chi connectivity index (χ4v) is 4.00. The fraction of sp³-hybridized carbons (Fsp3) is 0.500. The molecule has 1 aliphatic heterocycles. The second kappa shape index (κ2) is 8.29. The number of amides is 1. The third kappa shape index (κ3) is 5.53. The van der Waals surface area contributed by atoms with Crippen LogP contribution in [0.1, 0.15) is 12.0 Å². The summed E-state index contributed by atoms with van der Waals surface area (Å²) in [6.45, 7) is 1.60. The number of carbonyl (C=O) groups is 1. The Kier molecular flexibility index (Phi) is 7.31. The van der Waals surface area contributed by atoms with Gasteiger partial charge < -0.3 is 10.2 Å². The third-order valence-electron chi connectivity index (χ3n) is 3.62. The van der Waals surface area contributed by atoms with Gasteiger partial charge in [-0.3, -0.25) is 4.79 Å². The predicted molar refractivity (Wildman–Crippen MR) is 92.9 cm³/mol.